The first-order chi connectivity index (χ1) is 7.93. The first kappa shape index (κ1) is 12.8. The molecule has 0 radical (unpaired) electrons. The molecular weight excluding hydrogens is 228 g/mol. The first-order valence-electron chi connectivity index (χ1n) is 4.91. The molecule has 0 aliphatic heterocycles. The summed E-state index contributed by atoms with van der Waals surface area (Å²) in [6.07, 6.45) is 0.212. The van der Waals surface area contributed by atoms with Gasteiger partial charge in [-0.25, -0.2) is 4.79 Å². The maximum absolute atomic E-state index is 11.6. The Hall–Kier alpha value is -2.31. The lowest BCUT2D eigenvalue weighted by Crippen LogP contribution is -2.40. The van der Waals surface area contributed by atoms with Crippen molar-refractivity contribution in [1.29, 1.82) is 0 Å². The highest BCUT2D eigenvalue weighted by Gasteiger charge is 2.19. The van der Waals surface area contributed by atoms with Gasteiger partial charge in [-0.3, -0.25) is 9.59 Å². The second-order valence-electron chi connectivity index (χ2n) is 3.39. The monoisotopic (exact) mass is 240 g/mol. The van der Waals surface area contributed by atoms with Crippen molar-refractivity contribution >= 4 is 11.9 Å². The van der Waals surface area contributed by atoms with Crippen molar-refractivity contribution in [3.05, 3.63) is 28.2 Å². The van der Waals surface area contributed by atoms with Crippen LogP contribution in [0.4, 0.5) is 0 Å². The molecule has 1 unspecified atom stereocenters. The summed E-state index contributed by atoms with van der Waals surface area (Å²) in [6.45, 7) is 1.60. The van der Waals surface area contributed by atoms with Crippen molar-refractivity contribution in [2.24, 2.45) is 0 Å². The van der Waals surface area contributed by atoms with E-state index in [-0.39, 0.29) is 17.9 Å². The van der Waals surface area contributed by atoms with Crippen molar-refractivity contribution in [3.8, 4) is 5.75 Å². The summed E-state index contributed by atoms with van der Waals surface area (Å²) in [5.74, 6) is -2.28. The number of pyridine rings is 1. The number of hydrogen-bond donors (Lipinski definition) is 4. The van der Waals surface area contributed by atoms with Gasteiger partial charge in [0.2, 0.25) is 0 Å². The van der Waals surface area contributed by atoms with Crippen molar-refractivity contribution in [2.45, 2.75) is 19.4 Å². The molecule has 1 aromatic heterocycles. The number of carbonyl (C=O) groups excluding carboxylic acids is 1. The molecule has 0 saturated carbocycles. The number of carboxylic acids is 1. The summed E-state index contributed by atoms with van der Waals surface area (Å²) in [7, 11) is 0. The third-order valence-electron chi connectivity index (χ3n) is 2.09. The standard InChI is InChI=1S/C10H12N2O5/c1-2-6(10(16)17)12-9(15)7-3-5(13)4-8(14)11-7/h3-4,6H,2H2,1H3,(H,12,15)(H,16,17)(H2,11,13,14). The average molecular weight is 240 g/mol. The van der Waals surface area contributed by atoms with E-state index in [9.17, 15) is 14.4 Å². The van der Waals surface area contributed by atoms with Crippen LogP contribution in [-0.2, 0) is 4.79 Å². The van der Waals surface area contributed by atoms with Crippen LogP contribution in [0.5, 0.6) is 5.75 Å². The van der Waals surface area contributed by atoms with Gasteiger partial charge in [0.25, 0.3) is 11.5 Å². The topological polar surface area (TPSA) is 119 Å². The Balaban J connectivity index is 2.89. The fourth-order valence-electron chi connectivity index (χ4n) is 1.23. The molecule has 0 aliphatic rings. The summed E-state index contributed by atoms with van der Waals surface area (Å²) < 4.78 is 0. The van der Waals surface area contributed by atoms with Crippen LogP contribution < -0.4 is 10.9 Å². The molecule has 1 amide bonds. The summed E-state index contributed by atoms with van der Waals surface area (Å²) in [5.41, 5.74) is -0.826. The van der Waals surface area contributed by atoms with E-state index in [1.165, 1.54) is 0 Å². The number of aromatic amines is 1. The zero-order chi connectivity index (χ0) is 13.0. The quantitative estimate of drug-likeness (QED) is 0.574. The molecule has 1 aromatic rings. The molecule has 0 spiro atoms. The predicted molar refractivity (Wildman–Crippen MR) is 57.9 cm³/mol. The second-order valence-corrected chi connectivity index (χ2v) is 3.39. The largest absolute Gasteiger partial charge is 0.508 e. The highest BCUT2D eigenvalue weighted by Crippen LogP contribution is 2.05. The lowest BCUT2D eigenvalue weighted by atomic mass is 10.2. The number of aromatic nitrogens is 1. The molecule has 7 heteroatoms. The average Bonchev–Trinajstić information content (AvgIpc) is 2.23. The number of nitrogens with one attached hydrogen (secondary N) is 2. The van der Waals surface area contributed by atoms with E-state index in [0.29, 0.717) is 0 Å². The van der Waals surface area contributed by atoms with Gasteiger partial charge in [0.15, 0.2) is 0 Å². The number of hydrogen-bond acceptors (Lipinski definition) is 4. The van der Waals surface area contributed by atoms with Gasteiger partial charge in [0.1, 0.15) is 17.5 Å². The summed E-state index contributed by atoms with van der Waals surface area (Å²) in [4.78, 5) is 35.5. The molecule has 0 saturated heterocycles. The summed E-state index contributed by atoms with van der Waals surface area (Å²) in [5, 5.41) is 20.1. The number of carbonyl (C=O) groups is 2. The Labute approximate surface area is 96.1 Å². The van der Waals surface area contributed by atoms with Crippen LogP contribution in [0, 0.1) is 0 Å². The van der Waals surface area contributed by atoms with Crippen LogP contribution in [0.1, 0.15) is 23.8 Å². The fourth-order valence-corrected chi connectivity index (χ4v) is 1.23. The molecule has 0 aromatic carbocycles. The van der Waals surface area contributed by atoms with Gasteiger partial charge < -0.3 is 20.5 Å². The molecule has 17 heavy (non-hydrogen) atoms. The smallest absolute Gasteiger partial charge is 0.326 e. The third-order valence-corrected chi connectivity index (χ3v) is 2.09. The Morgan fingerprint density at radius 3 is 2.59 bits per heavy atom. The lowest BCUT2D eigenvalue weighted by molar-refractivity contribution is -0.139. The van der Waals surface area contributed by atoms with Gasteiger partial charge in [-0.15, -0.1) is 0 Å². The van der Waals surface area contributed by atoms with E-state index in [1.807, 2.05) is 0 Å². The van der Waals surface area contributed by atoms with E-state index < -0.39 is 23.5 Å². The van der Waals surface area contributed by atoms with Crippen molar-refractivity contribution < 1.29 is 19.8 Å². The molecule has 1 heterocycles. The molecule has 0 aliphatic carbocycles. The predicted octanol–water partition coefficient (Wildman–Crippen LogP) is -0.327. The second kappa shape index (κ2) is 5.15. The van der Waals surface area contributed by atoms with E-state index in [2.05, 4.69) is 10.3 Å². The van der Waals surface area contributed by atoms with Crippen LogP contribution >= 0.6 is 0 Å². The van der Waals surface area contributed by atoms with Crippen LogP contribution in [0.15, 0.2) is 16.9 Å². The number of aromatic hydroxyl groups is 1. The van der Waals surface area contributed by atoms with Crippen LogP contribution in [0.2, 0.25) is 0 Å². The van der Waals surface area contributed by atoms with Gasteiger partial charge in [-0.2, -0.15) is 0 Å². The van der Waals surface area contributed by atoms with Gasteiger partial charge in [0, 0.05) is 12.1 Å². The van der Waals surface area contributed by atoms with Crippen molar-refractivity contribution in [1.82, 2.24) is 10.3 Å². The maximum Gasteiger partial charge on any atom is 0.326 e. The highest BCUT2D eigenvalue weighted by molar-refractivity contribution is 5.95. The number of rotatable bonds is 4. The first-order valence-corrected chi connectivity index (χ1v) is 4.91. The maximum atomic E-state index is 11.6. The van der Waals surface area contributed by atoms with Gasteiger partial charge >= 0.3 is 5.97 Å². The molecule has 7 nitrogen and oxygen atoms in total. The minimum atomic E-state index is -1.16. The molecular formula is C10H12N2O5. The van der Waals surface area contributed by atoms with Gasteiger partial charge in [-0.05, 0) is 6.42 Å². The molecule has 4 N–H and O–H groups in total. The Kier molecular flexibility index (Phi) is 3.86. The van der Waals surface area contributed by atoms with E-state index in [0.717, 1.165) is 12.1 Å². The van der Waals surface area contributed by atoms with E-state index >= 15 is 0 Å². The highest BCUT2D eigenvalue weighted by atomic mass is 16.4. The SMILES string of the molecule is CCC(NC(=O)c1cc(O)cc(=O)[nH]1)C(=O)O. The molecule has 0 bridgehead atoms. The van der Waals surface area contributed by atoms with Crippen LogP contribution in [0.3, 0.4) is 0 Å². The van der Waals surface area contributed by atoms with E-state index in [4.69, 9.17) is 10.2 Å². The molecule has 1 atom stereocenters. The molecule has 0 fully saturated rings. The van der Waals surface area contributed by atoms with Crippen molar-refractivity contribution in [2.75, 3.05) is 0 Å². The van der Waals surface area contributed by atoms with Gasteiger partial charge in [0.05, 0.1) is 0 Å². The summed E-state index contributed by atoms with van der Waals surface area (Å²) in [6, 6.07) is 0.921. The van der Waals surface area contributed by atoms with Crippen LogP contribution in [0.25, 0.3) is 0 Å². The Bertz CT molecular complexity index is 494. The normalized spacial score (nSPS) is 11.8. The number of H-pyrrole nitrogens is 1. The summed E-state index contributed by atoms with van der Waals surface area (Å²) >= 11 is 0. The van der Waals surface area contributed by atoms with Gasteiger partial charge in [-0.1, -0.05) is 6.92 Å². The number of amides is 1. The fraction of sp³-hybridized carbons (Fsp3) is 0.300. The zero-order valence-corrected chi connectivity index (χ0v) is 9.06. The van der Waals surface area contributed by atoms with Crippen molar-refractivity contribution in [3.63, 3.8) is 0 Å². The zero-order valence-electron chi connectivity index (χ0n) is 9.06. The van der Waals surface area contributed by atoms with Crippen LogP contribution in [-0.4, -0.2) is 33.1 Å². The minimum absolute atomic E-state index is 0.185. The lowest BCUT2D eigenvalue weighted by Gasteiger charge is -2.11. The Morgan fingerprint density at radius 1 is 1.47 bits per heavy atom. The molecule has 1 rings (SSSR count). The minimum Gasteiger partial charge on any atom is -0.508 e. The third kappa shape index (κ3) is 3.33. The number of aliphatic carboxylic acids is 1. The molecule has 92 valence electrons. The number of carboxylic acid groups (broad SMARTS) is 1. The Morgan fingerprint density at radius 2 is 2.12 bits per heavy atom. The van der Waals surface area contributed by atoms with E-state index in [1.54, 1.807) is 6.92 Å².